The van der Waals surface area contributed by atoms with Crippen LogP contribution < -0.4 is 16.6 Å². The van der Waals surface area contributed by atoms with E-state index in [1.54, 1.807) is 23.7 Å². The number of anilines is 1. The first-order valence-corrected chi connectivity index (χ1v) is 9.65. The number of aliphatic hydroxyl groups excluding tert-OH is 1. The lowest BCUT2D eigenvalue weighted by Crippen LogP contribution is -2.39. The Balaban J connectivity index is 0.00000300. The highest BCUT2D eigenvalue weighted by atomic mass is 35.5. The molecule has 0 aliphatic rings. The lowest BCUT2D eigenvalue weighted by Gasteiger charge is -2.11. The molecule has 0 atom stereocenters. The molecule has 0 saturated heterocycles. The molecule has 2 aromatic heterocycles. The monoisotopic (exact) mass is 441 g/mol. The molecule has 1 aromatic carbocycles. The Morgan fingerprint density at radius 1 is 1.17 bits per heavy atom. The molecule has 158 valence electrons. The van der Waals surface area contributed by atoms with Gasteiger partial charge in [0.15, 0.2) is 11.2 Å². The molecule has 0 radical (unpaired) electrons. The average Bonchev–Trinajstić information content (AvgIpc) is 3.05. The van der Waals surface area contributed by atoms with Crippen LogP contribution in [-0.4, -0.2) is 36.9 Å². The molecule has 29 heavy (non-hydrogen) atoms. The van der Waals surface area contributed by atoms with E-state index in [0.29, 0.717) is 41.6 Å². The molecule has 8 nitrogen and oxygen atoms in total. The van der Waals surface area contributed by atoms with Crippen LogP contribution in [0.1, 0.15) is 25.3 Å². The third-order valence-corrected chi connectivity index (χ3v) is 4.81. The van der Waals surface area contributed by atoms with Gasteiger partial charge in [-0.1, -0.05) is 30.7 Å². The minimum absolute atomic E-state index is 0. The van der Waals surface area contributed by atoms with E-state index in [1.807, 2.05) is 19.1 Å². The number of hydrogen-bond donors (Lipinski definition) is 2. The summed E-state index contributed by atoms with van der Waals surface area (Å²) < 4.78 is 4.33. The molecular weight excluding hydrogens is 417 g/mol. The van der Waals surface area contributed by atoms with Crippen LogP contribution in [-0.2, 0) is 20.1 Å². The van der Waals surface area contributed by atoms with Gasteiger partial charge in [0, 0.05) is 31.8 Å². The van der Waals surface area contributed by atoms with Crippen molar-refractivity contribution in [3.8, 4) is 0 Å². The first-order chi connectivity index (χ1) is 13.5. The number of aryl methyl sites for hydroxylation is 1. The van der Waals surface area contributed by atoms with Gasteiger partial charge in [-0.05, 0) is 30.5 Å². The van der Waals surface area contributed by atoms with Gasteiger partial charge in [0.05, 0.1) is 6.54 Å². The third kappa shape index (κ3) is 4.66. The summed E-state index contributed by atoms with van der Waals surface area (Å²) in [6.45, 7) is 3.20. The minimum Gasteiger partial charge on any atom is -0.396 e. The Kier molecular flexibility index (Phi) is 7.89. The highest BCUT2D eigenvalue weighted by Crippen LogP contribution is 2.19. The third-order valence-electron chi connectivity index (χ3n) is 4.56. The normalized spacial score (nSPS) is 10.9. The SMILES string of the molecule is CCCNc1nc2c(c(=O)n(CCCO)c(=O)n2C)n1Cc1ccc(Cl)cc1.Cl. The van der Waals surface area contributed by atoms with Crippen molar-refractivity contribution in [1.82, 2.24) is 18.7 Å². The number of rotatable bonds is 8. The number of hydrogen-bond acceptors (Lipinski definition) is 5. The fourth-order valence-electron chi connectivity index (χ4n) is 3.10. The van der Waals surface area contributed by atoms with Crippen LogP contribution in [0, 0.1) is 0 Å². The largest absolute Gasteiger partial charge is 0.396 e. The quantitative estimate of drug-likeness (QED) is 0.558. The van der Waals surface area contributed by atoms with Gasteiger partial charge < -0.3 is 10.4 Å². The van der Waals surface area contributed by atoms with E-state index < -0.39 is 11.2 Å². The highest BCUT2D eigenvalue weighted by Gasteiger charge is 2.20. The Morgan fingerprint density at radius 3 is 2.48 bits per heavy atom. The summed E-state index contributed by atoms with van der Waals surface area (Å²) >= 11 is 5.98. The molecule has 2 N–H and O–H groups in total. The molecule has 0 saturated carbocycles. The van der Waals surface area contributed by atoms with E-state index >= 15 is 0 Å². The van der Waals surface area contributed by atoms with Crippen molar-refractivity contribution in [3.63, 3.8) is 0 Å². The van der Waals surface area contributed by atoms with Gasteiger partial charge in [-0.2, -0.15) is 4.98 Å². The molecule has 0 aliphatic carbocycles. The molecule has 0 amide bonds. The van der Waals surface area contributed by atoms with Crippen LogP contribution >= 0.6 is 24.0 Å². The summed E-state index contributed by atoms with van der Waals surface area (Å²) in [5.74, 6) is 0.541. The van der Waals surface area contributed by atoms with Crippen molar-refractivity contribution in [1.29, 1.82) is 0 Å². The first kappa shape index (κ1) is 23.0. The number of aliphatic hydroxyl groups is 1. The Morgan fingerprint density at radius 2 is 1.86 bits per heavy atom. The zero-order valence-electron chi connectivity index (χ0n) is 16.4. The molecule has 0 unspecified atom stereocenters. The molecule has 10 heteroatoms. The van der Waals surface area contributed by atoms with Crippen LogP contribution in [0.15, 0.2) is 33.9 Å². The zero-order chi connectivity index (χ0) is 20.3. The number of aromatic nitrogens is 4. The second kappa shape index (κ2) is 9.96. The lowest BCUT2D eigenvalue weighted by molar-refractivity contribution is 0.277. The Labute approximate surface area is 179 Å². The van der Waals surface area contributed by atoms with E-state index in [9.17, 15) is 9.59 Å². The zero-order valence-corrected chi connectivity index (χ0v) is 18.0. The summed E-state index contributed by atoms with van der Waals surface area (Å²) in [4.78, 5) is 30.3. The Hall–Kier alpha value is -2.29. The lowest BCUT2D eigenvalue weighted by atomic mass is 10.2. The van der Waals surface area contributed by atoms with Crippen molar-refractivity contribution in [2.24, 2.45) is 7.05 Å². The van der Waals surface area contributed by atoms with Crippen molar-refractivity contribution in [3.05, 3.63) is 55.7 Å². The van der Waals surface area contributed by atoms with Gasteiger partial charge in [0.25, 0.3) is 5.56 Å². The number of imidazole rings is 1. The molecular formula is C19H25Cl2N5O3. The van der Waals surface area contributed by atoms with Gasteiger partial charge in [0.1, 0.15) is 0 Å². The average molecular weight is 442 g/mol. The van der Waals surface area contributed by atoms with E-state index in [4.69, 9.17) is 16.7 Å². The number of fused-ring (bicyclic) bond motifs is 1. The predicted molar refractivity (Wildman–Crippen MR) is 118 cm³/mol. The van der Waals surface area contributed by atoms with Crippen LogP contribution in [0.25, 0.3) is 11.2 Å². The summed E-state index contributed by atoms with van der Waals surface area (Å²) in [7, 11) is 1.60. The summed E-state index contributed by atoms with van der Waals surface area (Å²) in [5, 5.41) is 13.0. The van der Waals surface area contributed by atoms with Crippen molar-refractivity contribution in [2.75, 3.05) is 18.5 Å². The number of nitrogens with one attached hydrogen (secondary N) is 1. The summed E-state index contributed by atoms with van der Waals surface area (Å²) in [6, 6.07) is 7.38. The van der Waals surface area contributed by atoms with Gasteiger partial charge in [-0.3, -0.25) is 18.5 Å². The molecule has 0 fully saturated rings. The van der Waals surface area contributed by atoms with E-state index in [2.05, 4.69) is 10.3 Å². The topological polar surface area (TPSA) is 94.1 Å². The van der Waals surface area contributed by atoms with Crippen molar-refractivity contribution < 1.29 is 5.11 Å². The van der Waals surface area contributed by atoms with Crippen molar-refractivity contribution in [2.45, 2.75) is 32.9 Å². The van der Waals surface area contributed by atoms with Gasteiger partial charge in [-0.15, -0.1) is 12.4 Å². The van der Waals surface area contributed by atoms with Crippen LogP contribution in [0.2, 0.25) is 5.02 Å². The maximum atomic E-state index is 13.1. The standard InChI is InChI=1S/C19H24ClN5O3.ClH/c1-3-9-21-18-22-16-15(25(18)12-13-5-7-14(20)8-6-13)17(27)24(10-4-11-26)19(28)23(16)2;/h5-8,26H,3-4,9-12H2,1-2H3,(H,21,22);1H. The van der Waals surface area contributed by atoms with Crippen LogP contribution in [0.3, 0.4) is 0 Å². The van der Waals surface area contributed by atoms with Gasteiger partial charge in [0.2, 0.25) is 5.95 Å². The smallest absolute Gasteiger partial charge is 0.332 e. The van der Waals surface area contributed by atoms with Crippen molar-refractivity contribution >= 4 is 41.1 Å². The molecule has 3 aromatic rings. The minimum atomic E-state index is -0.441. The van der Waals surface area contributed by atoms with Crippen LogP contribution in [0.4, 0.5) is 5.95 Å². The molecule has 3 rings (SSSR count). The molecule has 2 heterocycles. The van der Waals surface area contributed by atoms with Crippen LogP contribution in [0.5, 0.6) is 0 Å². The number of benzene rings is 1. The summed E-state index contributed by atoms with van der Waals surface area (Å²) in [6.07, 6.45) is 1.22. The molecule has 0 bridgehead atoms. The highest BCUT2D eigenvalue weighted by molar-refractivity contribution is 6.30. The van der Waals surface area contributed by atoms with E-state index in [-0.39, 0.29) is 25.6 Å². The predicted octanol–water partition coefficient (Wildman–Crippen LogP) is 2.22. The second-order valence-electron chi connectivity index (χ2n) is 6.62. The van der Waals surface area contributed by atoms with Gasteiger partial charge in [-0.25, -0.2) is 4.79 Å². The molecule has 0 spiro atoms. The van der Waals surface area contributed by atoms with E-state index in [0.717, 1.165) is 16.6 Å². The second-order valence-corrected chi connectivity index (χ2v) is 7.06. The number of nitrogens with zero attached hydrogens (tertiary/aromatic N) is 4. The number of halogens is 2. The fraction of sp³-hybridized carbons (Fsp3) is 0.421. The maximum absolute atomic E-state index is 13.1. The first-order valence-electron chi connectivity index (χ1n) is 9.27. The van der Waals surface area contributed by atoms with E-state index in [1.165, 1.54) is 4.57 Å². The summed E-state index contributed by atoms with van der Waals surface area (Å²) in [5.41, 5.74) is 0.802. The Bertz CT molecular complexity index is 1090. The fourth-order valence-corrected chi connectivity index (χ4v) is 3.22. The van der Waals surface area contributed by atoms with Gasteiger partial charge >= 0.3 is 5.69 Å². The molecule has 0 aliphatic heterocycles. The maximum Gasteiger partial charge on any atom is 0.332 e.